The minimum atomic E-state index is -3.73. The molecule has 2 atom stereocenters. The molecule has 1 saturated heterocycles. The van der Waals surface area contributed by atoms with E-state index in [1.54, 1.807) is 6.92 Å². The second-order valence-corrected chi connectivity index (χ2v) is 10.4. The van der Waals surface area contributed by atoms with Crippen LogP contribution in [0.15, 0.2) is 29.2 Å². The number of carbonyl (C=O) groups excluding carboxylic acids is 2. The summed E-state index contributed by atoms with van der Waals surface area (Å²) >= 11 is 0.950. The van der Waals surface area contributed by atoms with E-state index in [-0.39, 0.29) is 51.2 Å². The average molecular weight is 478 g/mol. The van der Waals surface area contributed by atoms with Gasteiger partial charge in [0.2, 0.25) is 10.0 Å². The molecule has 0 spiro atoms. The van der Waals surface area contributed by atoms with Gasteiger partial charge in [-0.05, 0) is 50.6 Å². The molecule has 1 aromatic heterocycles. The predicted molar refractivity (Wildman–Crippen MR) is 118 cm³/mol. The summed E-state index contributed by atoms with van der Waals surface area (Å²) in [5, 5.41) is 12.3. The lowest BCUT2D eigenvalue weighted by Gasteiger charge is -2.34. The molecule has 32 heavy (non-hydrogen) atoms. The van der Waals surface area contributed by atoms with Gasteiger partial charge in [0, 0.05) is 18.7 Å². The first-order valence-corrected chi connectivity index (χ1v) is 12.0. The summed E-state index contributed by atoms with van der Waals surface area (Å²) in [6.07, 6.45) is -0.422. The molecule has 0 saturated carbocycles. The molecule has 0 bridgehead atoms. The molecule has 9 nitrogen and oxygen atoms in total. The average Bonchev–Trinajstić information content (AvgIpc) is 3.07. The van der Waals surface area contributed by atoms with Gasteiger partial charge in [0.15, 0.2) is 0 Å². The van der Waals surface area contributed by atoms with Gasteiger partial charge < -0.3 is 14.8 Å². The number of morpholine rings is 1. The molecular weight excluding hydrogens is 454 g/mol. The zero-order valence-corrected chi connectivity index (χ0v) is 19.7. The van der Waals surface area contributed by atoms with E-state index in [0.29, 0.717) is 5.56 Å². The minimum absolute atomic E-state index is 0.0769. The van der Waals surface area contributed by atoms with Crippen LogP contribution in [0.2, 0.25) is 0 Å². The van der Waals surface area contributed by atoms with E-state index >= 15 is 0 Å². The van der Waals surface area contributed by atoms with Crippen molar-refractivity contribution in [3.05, 3.63) is 45.8 Å². The maximum absolute atomic E-state index is 13.0. The lowest BCUT2D eigenvalue weighted by Crippen LogP contribution is -2.48. The summed E-state index contributed by atoms with van der Waals surface area (Å²) in [7, 11) is -2.49. The number of methoxy groups -OCH3 is 1. The highest BCUT2D eigenvalue weighted by Gasteiger charge is 2.32. The van der Waals surface area contributed by atoms with Crippen LogP contribution in [-0.4, -0.2) is 57.0 Å². The number of thiophene rings is 1. The van der Waals surface area contributed by atoms with Crippen molar-refractivity contribution in [2.75, 3.05) is 25.5 Å². The minimum Gasteiger partial charge on any atom is -0.465 e. The van der Waals surface area contributed by atoms with Crippen LogP contribution in [0.1, 0.15) is 45.0 Å². The van der Waals surface area contributed by atoms with Crippen LogP contribution in [0.4, 0.5) is 5.00 Å². The van der Waals surface area contributed by atoms with Crippen LogP contribution in [0.3, 0.4) is 0 Å². The van der Waals surface area contributed by atoms with Gasteiger partial charge in [0.1, 0.15) is 15.9 Å². The lowest BCUT2D eigenvalue weighted by molar-refractivity contribution is -0.0440. The Bertz CT molecular complexity index is 1170. The second kappa shape index (κ2) is 9.38. The van der Waals surface area contributed by atoms with Crippen molar-refractivity contribution < 1.29 is 27.5 Å². The molecule has 2 aromatic rings. The van der Waals surface area contributed by atoms with Crippen molar-refractivity contribution in [1.82, 2.24) is 4.31 Å². The van der Waals surface area contributed by atoms with E-state index in [1.807, 2.05) is 19.9 Å². The van der Waals surface area contributed by atoms with Crippen molar-refractivity contribution in [2.24, 2.45) is 0 Å². The molecule has 1 aliphatic rings. The van der Waals surface area contributed by atoms with Gasteiger partial charge in [-0.1, -0.05) is 0 Å². The Hall–Kier alpha value is -2.78. The molecule has 1 aromatic carbocycles. The number of nitrogens with one attached hydrogen (secondary N) is 1. The van der Waals surface area contributed by atoms with Gasteiger partial charge in [-0.3, -0.25) is 4.79 Å². The number of sulfonamides is 1. The van der Waals surface area contributed by atoms with E-state index < -0.39 is 21.9 Å². The Morgan fingerprint density at radius 1 is 1.22 bits per heavy atom. The van der Waals surface area contributed by atoms with Crippen LogP contribution in [0.5, 0.6) is 0 Å². The van der Waals surface area contributed by atoms with Crippen LogP contribution >= 0.6 is 11.3 Å². The van der Waals surface area contributed by atoms with Gasteiger partial charge in [0.25, 0.3) is 5.91 Å². The number of esters is 1. The molecule has 0 aliphatic carbocycles. The Morgan fingerprint density at radius 2 is 1.81 bits per heavy atom. The van der Waals surface area contributed by atoms with Crippen molar-refractivity contribution in [2.45, 2.75) is 37.9 Å². The fraction of sp³-hybridized carbons (Fsp3) is 0.381. The number of hydrogen-bond acceptors (Lipinski definition) is 8. The number of hydrogen-bond donors (Lipinski definition) is 1. The highest BCUT2D eigenvalue weighted by molar-refractivity contribution is 7.89. The van der Waals surface area contributed by atoms with Crippen molar-refractivity contribution in [3.8, 4) is 6.07 Å². The summed E-state index contributed by atoms with van der Waals surface area (Å²) < 4.78 is 37.6. The van der Waals surface area contributed by atoms with Crippen LogP contribution in [0.25, 0.3) is 0 Å². The van der Waals surface area contributed by atoms with Gasteiger partial charge >= 0.3 is 5.97 Å². The topological polar surface area (TPSA) is 126 Å². The Kier molecular flexibility index (Phi) is 7.00. The third kappa shape index (κ3) is 4.68. The van der Waals surface area contributed by atoms with Crippen molar-refractivity contribution in [3.63, 3.8) is 0 Å². The molecule has 1 N–H and O–H groups in total. The molecule has 1 amide bonds. The largest absolute Gasteiger partial charge is 0.465 e. The zero-order valence-electron chi connectivity index (χ0n) is 18.0. The fourth-order valence-electron chi connectivity index (χ4n) is 3.45. The smallest absolute Gasteiger partial charge is 0.348 e. The van der Waals surface area contributed by atoms with Crippen LogP contribution < -0.4 is 5.32 Å². The molecule has 170 valence electrons. The lowest BCUT2D eigenvalue weighted by atomic mass is 10.1. The SMILES string of the molecule is COC(=O)c1sc(NC(=O)c2ccc(S(=O)(=O)N3CC(C)OC(C)C3)cc2)c(C#N)c1C. The standard InChI is InChI=1S/C21H23N3O6S2/c1-12-10-24(11-13(2)30-12)32(27,28)16-7-5-15(6-8-16)19(25)23-20-17(9-22)14(3)18(31-20)21(26)29-4/h5-8,12-13H,10-11H2,1-4H3,(H,23,25). The number of benzene rings is 1. The number of rotatable bonds is 5. The number of carbonyl (C=O) groups is 2. The molecule has 1 aliphatic heterocycles. The monoisotopic (exact) mass is 477 g/mol. The summed E-state index contributed by atoms with van der Waals surface area (Å²) in [5.74, 6) is -1.12. The molecular formula is C21H23N3O6S2. The highest BCUT2D eigenvalue weighted by Crippen LogP contribution is 2.33. The predicted octanol–water partition coefficient (Wildman–Crippen LogP) is 2.77. The third-order valence-corrected chi connectivity index (χ3v) is 8.03. The van der Waals surface area contributed by atoms with Gasteiger partial charge in [-0.15, -0.1) is 11.3 Å². The Labute approximate surface area is 190 Å². The summed E-state index contributed by atoms with van der Waals surface area (Å²) in [4.78, 5) is 24.9. The van der Waals surface area contributed by atoms with E-state index in [2.05, 4.69) is 5.32 Å². The summed E-state index contributed by atoms with van der Waals surface area (Å²) in [6.45, 7) is 5.75. The number of anilines is 1. The van der Waals surface area contributed by atoms with E-state index in [1.165, 1.54) is 35.7 Å². The maximum Gasteiger partial charge on any atom is 0.348 e. The van der Waals surface area contributed by atoms with Gasteiger partial charge in [-0.2, -0.15) is 9.57 Å². The van der Waals surface area contributed by atoms with Crippen LogP contribution in [0, 0.1) is 18.3 Å². The maximum atomic E-state index is 13.0. The van der Waals surface area contributed by atoms with Crippen LogP contribution in [-0.2, 0) is 19.5 Å². The second-order valence-electron chi connectivity index (χ2n) is 7.42. The molecule has 0 radical (unpaired) electrons. The normalized spacial score (nSPS) is 19.2. The first-order chi connectivity index (χ1) is 15.1. The molecule has 2 heterocycles. The molecule has 11 heteroatoms. The highest BCUT2D eigenvalue weighted by atomic mass is 32.2. The first kappa shape index (κ1) is 23.9. The van der Waals surface area contributed by atoms with Gasteiger partial charge in [-0.25, -0.2) is 13.2 Å². The van der Waals surface area contributed by atoms with Crippen molar-refractivity contribution in [1.29, 1.82) is 5.26 Å². The van der Waals surface area contributed by atoms with E-state index in [0.717, 1.165) is 11.3 Å². The van der Waals surface area contributed by atoms with Gasteiger partial charge in [0.05, 0.1) is 29.8 Å². The summed E-state index contributed by atoms with van der Waals surface area (Å²) in [5.41, 5.74) is 0.816. The third-order valence-electron chi connectivity index (χ3n) is 5.00. The zero-order chi connectivity index (χ0) is 23.6. The Morgan fingerprint density at radius 3 is 2.34 bits per heavy atom. The molecule has 3 rings (SSSR count). The first-order valence-electron chi connectivity index (χ1n) is 9.77. The quantitative estimate of drug-likeness (QED) is 0.656. The summed E-state index contributed by atoms with van der Waals surface area (Å²) in [6, 6.07) is 7.55. The molecule has 2 unspecified atom stereocenters. The number of ether oxygens (including phenoxy) is 2. The molecule has 1 fully saturated rings. The number of nitrogens with zero attached hydrogens (tertiary/aromatic N) is 2. The van der Waals surface area contributed by atoms with E-state index in [9.17, 15) is 23.3 Å². The number of nitriles is 1. The fourth-order valence-corrected chi connectivity index (χ4v) is 6.11. The van der Waals surface area contributed by atoms with Crippen molar-refractivity contribution >= 4 is 38.2 Å². The Balaban J connectivity index is 1.80. The van der Waals surface area contributed by atoms with E-state index in [4.69, 9.17) is 9.47 Å². The number of amides is 1.